The number of hydrogen-bond acceptors (Lipinski definition) is 1. The van der Waals surface area contributed by atoms with Crippen LogP contribution >= 0.6 is 0 Å². The average molecular weight is 268 g/mol. The molecule has 0 aromatic heterocycles. The summed E-state index contributed by atoms with van der Waals surface area (Å²) in [7, 11) is 0. The van der Waals surface area contributed by atoms with Gasteiger partial charge in [-0.3, -0.25) is 0 Å². The molecule has 1 heteroatoms. The van der Waals surface area contributed by atoms with Crippen LogP contribution in [0.15, 0.2) is 11.8 Å². The van der Waals surface area contributed by atoms with Crippen molar-refractivity contribution in [3.8, 4) is 0 Å². The fourth-order valence-electron chi connectivity index (χ4n) is 2.38. The molecule has 0 radical (unpaired) electrons. The zero-order chi connectivity index (χ0) is 14.2. The minimum atomic E-state index is 0.624. The number of unbranched alkanes of at least 4 members (excludes halogenated alkanes) is 11. The number of aliphatic hydroxyl groups excluding tert-OH is 1. The molecule has 0 amide bonds. The Morgan fingerprint density at radius 1 is 0.684 bits per heavy atom. The minimum Gasteiger partial charge on any atom is -0.513 e. The summed E-state index contributed by atoms with van der Waals surface area (Å²) < 4.78 is 0. The quantitative estimate of drug-likeness (QED) is 0.267. The second-order valence-corrected chi connectivity index (χ2v) is 5.77. The predicted molar refractivity (Wildman–Crippen MR) is 86.7 cm³/mol. The van der Waals surface area contributed by atoms with E-state index in [2.05, 4.69) is 13.8 Å². The molecule has 0 aliphatic rings. The molecule has 1 N–H and O–H groups in total. The molecule has 0 atom stereocenters. The van der Waals surface area contributed by atoms with Gasteiger partial charge in [0.25, 0.3) is 0 Å². The van der Waals surface area contributed by atoms with Crippen LogP contribution in [0.4, 0.5) is 0 Å². The van der Waals surface area contributed by atoms with Gasteiger partial charge in [0.05, 0.1) is 5.76 Å². The van der Waals surface area contributed by atoms with Crippen LogP contribution in [0.5, 0.6) is 0 Å². The molecule has 1 nitrogen and oxygen atoms in total. The summed E-state index contributed by atoms with van der Waals surface area (Å²) in [5, 5.41) is 9.71. The molecule has 0 fully saturated rings. The fraction of sp³-hybridized carbons (Fsp3) is 0.889. The molecule has 114 valence electrons. The van der Waals surface area contributed by atoms with Gasteiger partial charge in [0, 0.05) is 6.42 Å². The monoisotopic (exact) mass is 268 g/mol. The first kappa shape index (κ1) is 18.5. The van der Waals surface area contributed by atoms with Crippen LogP contribution in [-0.4, -0.2) is 5.11 Å². The largest absolute Gasteiger partial charge is 0.513 e. The molecular formula is C18H36O. The predicted octanol–water partition coefficient (Wildman–Crippen LogP) is 6.93. The highest BCUT2D eigenvalue weighted by Crippen LogP contribution is 2.12. The molecule has 0 aliphatic carbocycles. The lowest BCUT2D eigenvalue weighted by Gasteiger charge is -2.02. The Labute approximate surface area is 121 Å². The highest BCUT2D eigenvalue weighted by Gasteiger charge is 1.95. The Morgan fingerprint density at radius 2 is 1.16 bits per heavy atom. The Balaban J connectivity index is 3.22. The molecule has 0 heterocycles. The Hall–Kier alpha value is -0.460. The van der Waals surface area contributed by atoms with Crippen molar-refractivity contribution >= 4 is 0 Å². The lowest BCUT2D eigenvalue weighted by molar-refractivity contribution is 0.377. The van der Waals surface area contributed by atoms with Gasteiger partial charge in [0.15, 0.2) is 0 Å². The minimum absolute atomic E-state index is 0.624. The molecule has 19 heavy (non-hydrogen) atoms. The molecule has 0 unspecified atom stereocenters. The molecule has 0 aromatic rings. The summed E-state index contributed by atoms with van der Waals surface area (Å²) in [6.45, 7) is 4.49. The van der Waals surface area contributed by atoms with E-state index in [1.165, 1.54) is 70.6 Å². The summed E-state index contributed by atoms with van der Waals surface area (Å²) in [6, 6.07) is 0. The summed E-state index contributed by atoms with van der Waals surface area (Å²) in [6.07, 6.45) is 19.8. The maximum Gasteiger partial charge on any atom is 0.0882 e. The van der Waals surface area contributed by atoms with Gasteiger partial charge in [-0.1, -0.05) is 78.1 Å². The van der Waals surface area contributed by atoms with Crippen LogP contribution < -0.4 is 0 Å². The van der Waals surface area contributed by atoms with E-state index in [-0.39, 0.29) is 0 Å². The summed E-state index contributed by atoms with van der Waals surface area (Å²) >= 11 is 0. The maximum atomic E-state index is 9.71. The van der Waals surface area contributed by atoms with Gasteiger partial charge in [0.1, 0.15) is 0 Å². The van der Waals surface area contributed by atoms with Gasteiger partial charge < -0.3 is 5.11 Å². The molecule has 0 saturated carbocycles. The SMILES string of the molecule is CCCCCCCCCCC=C(O)CCCCCC. The van der Waals surface area contributed by atoms with Crippen LogP contribution in [0, 0.1) is 0 Å². The van der Waals surface area contributed by atoms with Gasteiger partial charge in [-0.15, -0.1) is 0 Å². The third kappa shape index (κ3) is 15.5. The van der Waals surface area contributed by atoms with Crippen molar-refractivity contribution in [1.29, 1.82) is 0 Å². The summed E-state index contributed by atoms with van der Waals surface area (Å²) in [5.41, 5.74) is 0. The highest BCUT2D eigenvalue weighted by atomic mass is 16.3. The average Bonchev–Trinajstić information content (AvgIpc) is 2.42. The zero-order valence-electron chi connectivity index (χ0n) is 13.4. The lowest BCUT2D eigenvalue weighted by Crippen LogP contribution is -1.84. The summed E-state index contributed by atoms with van der Waals surface area (Å²) in [4.78, 5) is 0. The van der Waals surface area contributed by atoms with Crippen molar-refractivity contribution in [2.75, 3.05) is 0 Å². The van der Waals surface area contributed by atoms with Gasteiger partial charge >= 0.3 is 0 Å². The normalized spacial score (nSPS) is 12.0. The van der Waals surface area contributed by atoms with E-state index in [1.54, 1.807) is 0 Å². The van der Waals surface area contributed by atoms with Crippen molar-refractivity contribution in [1.82, 2.24) is 0 Å². The Kier molecular flexibility index (Phi) is 15.2. The van der Waals surface area contributed by atoms with E-state index in [1.807, 2.05) is 6.08 Å². The van der Waals surface area contributed by atoms with Crippen LogP contribution in [-0.2, 0) is 0 Å². The summed E-state index contributed by atoms with van der Waals surface area (Å²) in [5.74, 6) is 0.624. The number of allylic oxidation sites excluding steroid dienone is 2. The van der Waals surface area contributed by atoms with Crippen LogP contribution in [0.1, 0.15) is 104 Å². The first-order valence-electron chi connectivity index (χ1n) is 8.69. The van der Waals surface area contributed by atoms with Gasteiger partial charge in [-0.25, -0.2) is 0 Å². The van der Waals surface area contributed by atoms with E-state index in [4.69, 9.17) is 0 Å². The van der Waals surface area contributed by atoms with E-state index in [0.29, 0.717) is 5.76 Å². The fourth-order valence-corrected chi connectivity index (χ4v) is 2.38. The first-order chi connectivity index (χ1) is 9.31. The smallest absolute Gasteiger partial charge is 0.0882 e. The van der Waals surface area contributed by atoms with Crippen molar-refractivity contribution in [2.45, 2.75) is 104 Å². The third-order valence-corrected chi connectivity index (χ3v) is 3.72. The zero-order valence-corrected chi connectivity index (χ0v) is 13.4. The number of hydrogen-bond donors (Lipinski definition) is 1. The molecule has 0 saturated heterocycles. The van der Waals surface area contributed by atoms with E-state index >= 15 is 0 Å². The second-order valence-electron chi connectivity index (χ2n) is 5.77. The van der Waals surface area contributed by atoms with Crippen molar-refractivity contribution in [2.24, 2.45) is 0 Å². The van der Waals surface area contributed by atoms with E-state index in [0.717, 1.165) is 19.3 Å². The maximum absolute atomic E-state index is 9.71. The van der Waals surface area contributed by atoms with Gasteiger partial charge in [0.2, 0.25) is 0 Å². The van der Waals surface area contributed by atoms with Crippen LogP contribution in [0.2, 0.25) is 0 Å². The van der Waals surface area contributed by atoms with Crippen LogP contribution in [0.25, 0.3) is 0 Å². The van der Waals surface area contributed by atoms with Gasteiger partial charge in [-0.2, -0.15) is 0 Å². The Morgan fingerprint density at radius 3 is 1.74 bits per heavy atom. The van der Waals surface area contributed by atoms with Crippen LogP contribution in [0.3, 0.4) is 0 Å². The Bertz CT molecular complexity index is 196. The molecule has 0 spiro atoms. The lowest BCUT2D eigenvalue weighted by atomic mass is 10.1. The van der Waals surface area contributed by atoms with E-state index < -0.39 is 0 Å². The van der Waals surface area contributed by atoms with Crippen molar-refractivity contribution in [3.63, 3.8) is 0 Å². The second kappa shape index (κ2) is 15.6. The van der Waals surface area contributed by atoms with E-state index in [9.17, 15) is 5.11 Å². The van der Waals surface area contributed by atoms with Gasteiger partial charge in [-0.05, 0) is 25.3 Å². The molecular weight excluding hydrogens is 232 g/mol. The highest BCUT2D eigenvalue weighted by molar-refractivity contribution is 4.90. The van der Waals surface area contributed by atoms with Crippen molar-refractivity contribution in [3.05, 3.63) is 11.8 Å². The number of rotatable bonds is 14. The number of aliphatic hydroxyl groups is 1. The standard InChI is InChI=1S/C18H36O/c1-3-5-7-9-10-11-12-13-15-17-18(19)16-14-8-6-4-2/h17,19H,3-16H2,1-2H3. The topological polar surface area (TPSA) is 20.2 Å². The first-order valence-corrected chi connectivity index (χ1v) is 8.69. The molecule has 0 bridgehead atoms. The molecule has 0 aliphatic heterocycles. The third-order valence-electron chi connectivity index (χ3n) is 3.72. The van der Waals surface area contributed by atoms with Crippen molar-refractivity contribution < 1.29 is 5.11 Å². The molecule has 0 aromatic carbocycles. The molecule has 0 rings (SSSR count).